The van der Waals surface area contributed by atoms with E-state index in [2.05, 4.69) is 40.5 Å². The Morgan fingerprint density at radius 2 is 2.42 bits per heavy atom. The number of H-pyrrole nitrogens is 1. The third kappa shape index (κ3) is 1.51. The number of nitrogens with one attached hydrogen (secondary N) is 1. The van der Waals surface area contributed by atoms with Gasteiger partial charge in [-0.05, 0) is 0 Å². The fourth-order valence-electron chi connectivity index (χ4n) is 1.12. The van der Waals surface area contributed by atoms with Crippen molar-refractivity contribution in [3.8, 4) is 0 Å². The molecular weight excluding hydrogens is 345 g/mol. The third-order valence-electron chi connectivity index (χ3n) is 1.69. The van der Waals surface area contributed by atoms with Gasteiger partial charge >= 0.3 is 96.2 Å². The van der Waals surface area contributed by atoms with Crippen molar-refractivity contribution < 1.29 is 31.9 Å². The van der Waals surface area contributed by atoms with Crippen LogP contribution in [0.2, 0.25) is 3.33 Å². The summed E-state index contributed by atoms with van der Waals surface area (Å²) in [6.07, 6.45) is 1.79. The molecule has 3 nitrogen and oxygen atoms in total. The normalized spacial score (nSPS) is 10.2. The fraction of sp³-hybridized carbons (Fsp3) is 0.143. The number of aromatic amines is 1. The molecule has 0 amide bonds. The molecule has 0 atom stereocenters. The fourth-order valence-corrected chi connectivity index (χ4v) is 3.72. The van der Waals surface area contributed by atoms with E-state index in [1.807, 2.05) is 0 Å². The number of fused-ring (bicyclic) bond motifs is 1. The molecule has 0 unspecified atom stereocenters. The van der Waals surface area contributed by atoms with Crippen LogP contribution in [0.25, 0.3) is 11.0 Å². The number of pyridine rings is 1. The van der Waals surface area contributed by atoms with Crippen molar-refractivity contribution >= 4 is 29.1 Å². The summed E-state index contributed by atoms with van der Waals surface area (Å²) in [5.41, 5.74) is 0.909. The molecule has 0 aromatic carbocycles. The monoisotopic (exact) mass is 350 g/mol. The van der Waals surface area contributed by atoms with Gasteiger partial charge in [0.1, 0.15) is 0 Å². The molecule has 0 aliphatic heterocycles. The van der Waals surface area contributed by atoms with Crippen molar-refractivity contribution in [2.45, 2.75) is 3.33 Å². The molecule has 0 spiro atoms. The van der Waals surface area contributed by atoms with Crippen LogP contribution in [0.1, 0.15) is 0 Å². The molecule has 0 fully saturated rings. The van der Waals surface area contributed by atoms with Gasteiger partial charge in [-0.25, -0.2) is 0 Å². The van der Waals surface area contributed by atoms with Crippen LogP contribution in [0.15, 0.2) is 16.7 Å². The van der Waals surface area contributed by atoms with E-state index in [1.165, 1.54) is 7.48 Å². The molecule has 2 rings (SSSR count). The minimum atomic E-state index is -0.776. The maximum absolute atomic E-state index is 4.24. The van der Waals surface area contributed by atoms with Crippen molar-refractivity contribution in [2.75, 3.05) is 0 Å². The van der Waals surface area contributed by atoms with E-state index >= 15 is 0 Å². The van der Waals surface area contributed by atoms with Crippen LogP contribution in [-0.4, -0.2) is 15.2 Å². The van der Waals surface area contributed by atoms with E-state index in [0.29, 0.717) is 0 Å². The first kappa shape index (κ1) is 8.87. The predicted molar refractivity (Wildman–Crippen MR) is 47.1 cm³/mol. The van der Waals surface area contributed by atoms with E-state index in [4.69, 9.17) is 0 Å². The minimum absolute atomic E-state index is 0.776. The summed E-state index contributed by atoms with van der Waals surface area (Å²) >= 11 is 2.62. The molecule has 0 bridgehead atoms. The first-order chi connectivity index (χ1) is 5.81. The Morgan fingerprint density at radius 1 is 1.58 bits per heavy atom. The molecule has 0 aliphatic rings. The zero-order valence-electron chi connectivity index (χ0n) is 6.50. The predicted octanol–water partition coefficient (Wildman–Crippen LogP) is 1.48. The quantitative estimate of drug-likeness (QED) is 0.846. The second-order valence-electron chi connectivity index (χ2n) is 2.45. The Morgan fingerprint density at radius 3 is 3.17 bits per heavy atom. The zero-order chi connectivity index (χ0) is 8.55. The van der Waals surface area contributed by atoms with Crippen molar-refractivity contribution in [3.63, 3.8) is 0 Å². The second-order valence-corrected chi connectivity index (χ2v) is 6.89. The number of nitrogens with zero attached hydrogens (tertiary/aromatic N) is 2. The van der Waals surface area contributed by atoms with Crippen LogP contribution in [0, 0.1) is 31.9 Å². The third-order valence-corrected chi connectivity index (χ3v) is 5.22. The Bertz CT molecular complexity index is 412. The summed E-state index contributed by atoms with van der Waals surface area (Å²) < 4.78 is 4.59. The number of rotatable bonds is 1. The molecule has 12 heavy (non-hydrogen) atoms. The summed E-state index contributed by atoms with van der Waals surface area (Å²) in [4.78, 5) is 4.22. The van der Waals surface area contributed by atoms with Gasteiger partial charge < -0.3 is 0 Å². The van der Waals surface area contributed by atoms with E-state index < -0.39 is 31.9 Å². The van der Waals surface area contributed by atoms with E-state index in [0.717, 1.165) is 10.1 Å². The van der Waals surface area contributed by atoms with Gasteiger partial charge in [0.2, 0.25) is 0 Å². The summed E-state index contributed by atoms with van der Waals surface area (Å²) in [5.74, 6) is 0. The van der Waals surface area contributed by atoms with Gasteiger partial charge in [0.25, 0.3) is 0 Å². The van der Waals surface area contributed by atoms with E-state index in [9.17, 15) is 0 Å². The van der Waals surface area contributed by atoms with Gasteiger partial charge in [0.15, 0.2) is 0 Å². The molecular formula is C7H6BrLaN3. The van der Waals surface area contributed by atoms with Crippen LogP contribution >= 0.6 is 15.9 Å². The number of hydrogen-bond acceptors (Lipinski definition) is 2. The van der Waals surface area contributed by atoms with Crippen LogP contribution in [0.4, 0.5) is 0 Å². The van der Waals surface area contributed by atoms with Crippen LogP contribution < -0.4 is 2.10 Å². The summed E-state index contributed by atoms with van der Waals surface area (Å²) in [7, 11) is 0. The average Bonchev–Trinajstić information content (AvgIpc) is 2.46. The van der Waals surface area contributed by atoms with Crippen molar-refractivity contribution in [1.29, 1.82) is 0 Å². The second kappa shape index (κ2) is 3.58. The Kier molecular flexibility index (Phi) is 2.64. The molecule has 2 aromatic heterocycles. The van der Waals surface area contributed by atoms with E-state index in [-0.39, 0.29) is 0 Å². The molecule has 2 aromatic rings. The molecule has 59 valence electrons. The molecule has 5 heteroatoms. The van der Waals surface area contributed by atoms with Gasteiger partial charge in [0, 0.05) is 0 Å². The van der Waals surface area contributed by atoms with Crippen molar-refractivity contribution in [1.82, 2.24) is 15.2 Å². The maximum atomic E-state index is 4.24. The van der Waals surface area contributed by atoms with Gasteiger partial charge in [-0.3, -0.25) is 0 Å². The van der Waals surface area contributed by atoms with Crippen LogP contribution in [-0.2, 0) is 0 Å². The van der Waals surface area contributed by atoms with Crippen molar-refractivity contribution in [2.24, 2.45) is 0 Å². The molecule has 0 radical (unpaired) electrons. The van der Waals surface area contributed by atoms with E-state index in [1.54, 1.807) is 6.20 Å². The SMILES string of the molecule is [CH3][La][c]1n[nH]c2ncc(Br)cc12. The average molecular weight is 351 g/mol. The zero-order valence-corrected chi connectivity index (χ0v) is 11.7. The van der Waals surface area contributed by atoms with Crippen molar-refractivity contribution in [3.05, 3.63) is 16.7 Å². The molecule has 0 saturated heterocycles. The number of hydrogen-bond donors (Lipinski definition) is 1. The standard InChI is InChI=1S/C6H3BrN3.CH3.La/c7-5-1-4-2-9-10-6(4)8-3-5;;/h1,3H,(H,8,9,10);1H3;. The molecule has 1 N–H and O–H groups in total. The summed E-state index contributed by atoms with van der Waals surface area (Å²) in [5, 5.41) is 8.37. The number of aromatic nitrogens is 3. The Balaban J connectivity index is 2.75. The van der Waals surface area contributed by atoms with Gasteiger partial charge in [-0.2, -0.15) is 0 Å². The molecule has 0 aliphatic carbocycles. The van der Waals surface area contributed by atoms with Gasteiger partial charge in [-0.15, -0.1) is 0 Å². The van der Waals surface area contributed by atoms with Gasteiger partial charge in [0.05, 0.1) is 0 Å². The van der Waals surface area contributed by atoms with Gasteiger partial charge in [-0.1, -0.05) is 0 Å². The molecule has 0 saturated carbocycles. The Hall–Kier alpha value is 0.295. The van der Waals surface area contributed by atoms with Crippen LogP contribution in [0.3, 0.4) is 0 Å². The summed E-state index contributed by atoms with van der Waals surface area (Å²) in [6.45, 7) is 0. The summed E-state index contributed by atoms with van der Waals surface area (Å²) in [6, 6.07) is 2.08. The van der Waals surface area contributed by atoms with Crippen LogP contribution in [0.5, 0.6) is 0 Å². The topological polar surface area (TPSA) is 41.6 Å². The number of halogens is 1. The first-order valence-electron chi connectivity index (χ1n) is 3.60. The molecule has 2 heterocycles. The first-order valence-corrected chi connectivity index (χ1v) is 9.83. The Labute approximate surface area is 95.1 Å².